The monoisotopic (exact) mass is 502 g/mol. The number of ketones is 2. The van der Waals surface area contributed by atoms with Gasteiger partial charge in [-0.2, -0.15) is 5.06 Å². The van der Waals surface area contributed by atoms with Crippen molar-refractivity contribution in [2.45, 2.75) is 31.0 Å². The number of phenols is 1. The molecule has 192 valence electrons. The summed E-state index contributed by atoms with van der Waals surface area (Å²) in [7, 11) is 4.29. The Bertz CT molecular complexity index is 1260. The van der Waals surface area contributed by atoms with Crippen molar-refractivity contribution in [3.8, 4) is 5.75 Å². The van der Waals surface area contributed by atoms with Gasteiger partial charge in [0.2, 0.25) is 5.78 Å². The minimum absolute atomic E-state index is 0.00707. The lowest BCUT2D eigenvalue weighted by Gasteiger charge is -2.49. The summed E-state index contributed by atoms with van der Waals surface area (Å²) in [5.74, 6) is -7.93. The number of nitroso groups, excluding NO2 is 1. The van der Waals surface area contributed by atoms with Crippen molar-refractivity contribution in [2.75, 3.05) is 21.2 Å². The molecular weight excluding hydrogens is 476 g/mol. The molecule has 0 aliphatic heterocycles. The van der Waals surface area contributed by atoms with Gasteiger partial charge in [-0.3, -0.25) is 19.4 Å². The molecule has 0 unspecified atom stereocenters. The van der Waals surface area contributed by atoms with Gasteiger partial charge >= 0.3 is 0 Å². The van der Waals surface area contributed by atoms with Crippen LogP contribution in [-0.4, -0.2) is 80.8 Å². The molecule has 4 rings (SSSR count). The van der Waals surface area contributed by atoms with E-state index in [0.717, 1.165) is 7.05 Å². The van der Waals surface area contributed by atoms with Crippen LogP contribution in [0.4, 0.5) is 0 Å². The Labute approximate surface area is 204 Å². The van der Waals surface area contributed by atoms with Crippen molar-refractivity contribution in [3.05, 3.63) is 50.6 Å². The molecular formula is C23H26N4O9. The van der Waals surface area contributed by atoms with Crippen molar-refractivity contribution in [3.63, 3.8) is 0 Å². The number of hydrogen-bond acceptors (Lipinski definition) is 11. The Balaban J connectivity index is 1.95. The van der Waals surface area contributed by atoms with Crippen LogP contribution in [0.25, 0.3) is 5.76 Å². The second-order valence-corrected chi connectivity index (χ2v) is 9.22. The maximum Gasteiger partial charge on any atom is 0.255 e. The third kappa shape index (κ3) is 3.38. The highest BCUT2D eigenvalue weighted by atomic mass is 16.7. The molecule has 3 aliphatic rings. The van der Waals surface area contributed by atoms with E-state index < -0.39 is 58.0 Å². The quantitative estimate of drug-likeness (QED) is 0.199. The first-order valence-corrected chi connectivity index (χ1v) is 11.0. The lowest BCUT2D eigenvalue weighted by molar-refractivity contribution is -0.154. The van der Waals surface area contributed by atoms with Crippen molar-refractivity contribution >= 4 is 23.2 Å². The van der Waals surface area contributed by atoms with Crippen LogP contribution in [0, 0.1) is 16.7 Å². The molecule has 13 nitrogen and oxygen atoms in total. The van der Waals surface area contributed by atoms with E-state index >= 15 is 0 Å². The number of hydroxylamine groups is 2. The first kappa shape index (κ1) is 25.3. The highest BCUT2D eigenvalue weighted by Crippen LogP contribution is 2.53. The number of hydrogen-bond donors (Lipinski definition) is 5. The summed E-state index contributed by atoms with van der Waals surface area (Å²) < 4.78 is 0. The number of nitrogens with zero attached hydrogens (tertiary/aromatic N) is 3. The number of likely N-dealkylation sites (N-methyl/N-ethyl adjacent to an activating group) is 1. The average molecular weight is 502 g/mol. The molecule has 3 aliphatic carbocycles. The number of aromatic hydroxyl groups is 1. The first-order chi connectivity index (χ1) is 16.9. The van der Waals surface area contributed by atoms with Crippen LogP contribution in [0.5, 0.6) is 5.75 Å². The van der Waals surface area contributed by atoms with Crippen molar-refractivity contribution in [1.82, 2.24) is 10.1 Å². The Hall–Kier alpha value is -3.81. The number of rotatable bonds is 6. The number of nitrogens with two attached hydrogens (primary N) is 1. The maximum atomic E-state index is 13.7. The van der Waals surface area contributed by atoms with E-state index in [2.05, 4.69) is 5.29 Å². The summed E-state index contributed by atoms with van der Waals surface area (Å²) in [4.78, 5) is 55.3. The number of aliphatic hydroxyl groups is 3. The van der Waals surface area contributed by atoms with Gasteiger partial charge in [0.25, 0.3) is 5.91 Å². The summed E-state index contributed by atoms with van der Waals surface area (Å²) in [6, 6.07) is 1.42. The van der Waals surface area contributed by atoms with Crippen LogP contribution in [-0.2, 0) is 32.2 Å². The number of aliphatic hydroxyl groups excluding tert-OH is 2. The summed E-state index contributed by atoms with van der Waals surface area (Å²) in [6.07, 6.45) is -0.0245. The number of carbonyl (C=O) groups excluding carboxylic acids is 3. The van der Waals surface area contributed by atoms with Gasteiger partial charge in [-0.15, -0.1) is 4.91 Å². The summed E-state index contributed by atoms with van der Waals surface area (Å²) in [5, 5.41) is 48.9. The standard InChI is InChI=1S/C23H26N4O9/c1-26(36-3)8-9-4-5-13(28)15-11(9)6-10-7-12-17(27(2)25-35)19(30)16(22(24)33)21(32)23(12,34)20(31)14(10)18(15)29/h4-5,10,12,17,28-29,32,34H,6-8H2,1-3H3,(H2,24,33)/t10-,12-,17-,23-/m0/s1. The third-order valence-corrected chi connectivity index (χ3v) is 7.38. The number of phenolic OH excluding ortho intramolecular Hbond substituents is 1. The SMILES string of the molecule is CON(C)Cc1ccc(O)c2c1C[C@H]1C[C@H]3[C@H](N(C)N=O)C(=O)C(C(N)=O)=C(O)[C@@]3(O)C(=O)C1=C2O. The zero-order valence-electron chi connectivity index (χ0n) is 19.8. The summed E-state index contributed by atoms with van der Waals surface area (Å²) in [5.41, 5.74) is 2.32. The predicted molar refractivity (Wildman–Crippen MR) is 123 cm³/mol. The third-order valence-electron chi connectivity index (χ3n) is 7.38. The minimum atomic E-state index is -2.84. The van der Waals surface area contributed by atoms with Crippen LogP contribution in [0.15, 0.2) is 34.3 Å². The Kier molecular flexibility index (Phi) is 6.11. The average Bonchev–Trinajstić information content (AvgIpc) is 2.82. The zero-order chi connectivity index (χ0) is 26.7. The van der Waals surface area contributed by atoms with E-state index in [9.17, 15) is 39.7 Å². The number of fused-ring (bicyclic) bond motifs is 3. The molecule has 4 atom stereocenters. The van der Waals surface area contributed by atoms with Gasteiger partial charge in [0.15, 0.2) is 11.4 Å². The lowest BCUT2D eigenvalue weighted by atomic mass is 9.57. The fraction of sp³-hybridized carbons (Fsp3) is 0.435. The summed E-state index contributed by atoms with van der Waals surface area (Å²) >= 11 is 0. The van der Waals surface area contributed by atoms with E-state index in [1.807, 2.05) is 0 Å². The van der Waals surface area contributed by atoms with Gasteiger partial charge in [0.05, 0.1) is 18.0 Å². The molecule has 6 N–H and O–H groups in total. The molecule has 0 radical (unpaired) electrons. The molecule has 0 bridgehead atoms. The number of Topliss-reactive ketones (excluding diaryl/α,β-unsaturated/α-hetero) is 2. The highest BCUT2D eigenvalue weighted by Gasteiger charge is 2.64. The van der Waals surface area contributed by atoms with Crippen molar-refractivity contribution < 1.29 is 39.6 Å². The molecule has 1 fully saturated rings. The van der Waals surface area contributed by atoms with E-state index in [1.54, 1.807) is 13.1 Å². The molecule has 1 aromatic rings. The normalized spacial score (nSPS) is 27.5. The molecule has 1 saturated carbocycles. The number of primary amides is 1. The molecule has 0 saturated heterocycles. The van der Waals surface area contributed by atoms with Crippen LogP contribution in [0.3, 0.4) is 0 Å². The van der Waals surface area contributed by atoms with E-state index in [0.29, 0.717) is 16.1 Å². The second-order valence-electron chi connectivity index (χ2n) is 9.22. The number of benzene rings is 1. The van der Waals surface area contributed by atoms with Gasteiger partial charge in [-0.25, -0.2) is 0 Å². The van der Waals surface area contributed by atoms with Gasteiger partial charge in [-0.1, -0.05) is 6.07 Å². The molecule has 13 heteroatoms. The zero-order valence-corrected chi connectivity index (χ0v) is 19.8. The largest absolute Gasteiger partial charge is 0.508 e. The molecule has 0 aromatic heterocycles. The van der Waals surface area contributed by atoms with Crippen LogP contribution in [0.2, 0.25) is 0 Å². The van der Waals surface area contributed by atoms with Crippen molar-refractivity contribution in [1.29, 1.82) is 0 Å². The number of carbonyl (C=O) groups is 3. The fourth-order valence-corrected chi connectivity index (χ4v) is 5.65. The molecule has 1 aromatic carbocycles. The molecule has 36 heavy (non-hydrogen) atoms. The van der Waals surface area contributed by atoms with E-state index in [-0.39, 0.29) is 36.3 Å². The fourth-order valence-electron chi connectivity index (χ4n) is 5.65. The van der Waals surface area contributed by atoms with E-state index in [1.165, 1.54) is 18.2 Å². The highest BCUT2D eigenvalue weighted by molar-refractivity contribution is 6.24. The van der Waals surface area contributed by atoms with Crippen molar-refractivity contribution in [2.24, 2.45) is 22.9 Å². The van der Waals surface area contributed by atoms with Gasteiger partial charge in [0.1, 0.15) is 28.9 Å². The molecule has 0 heterocycles. The lowest BCUT2D eigenvalue weighted by Crippen LogP contribution is -2.65. The Morgan fingerprint density at radius 2 is 1.92 bits per heavy atom. The molecule has 1 amide bonds. The smallest absolute Gasteiger partial charge is 0.255 e. The minimum Gasteiger partial charge on any atom is -0.508 e. The van der Waals surface area contributed by atoms with Gasteiger partial charge in [0, 0.05) is 32.1 Å². The van der Waals surface area contributed by atoms with Crippen LogP contribution >= 0.6 is 0 Å². The second kappa shape index (κ2) is 8.69. The first-order valence-electron chi connectivity index (χ1n) is 11.0. The van der Waals surface area contributed by atoms with E-state index in [4.69, 9.17) is 10.6 Å². The Morgan fingerprint density at radius 1 is 1.25 bits per heavy atom. The Morgan fingerprint density at radius 3 is 2.50 bits per heavy atom. The predicted octanol–water partition coefficient (Wildman–Crippen LogP) is 0.00880. The topological polar surface area (TPSA) is 203 Å². The maximum absolute atomic E-state index is 13.7. The van der Waals surface area contributed by atoms with Gasteiger partial charge in [-0.05, 0) is 36.0 Å². The number of amides is 1. The van der Waals surface area contributed by atoms with Gasteiger partial charge < -0.3 is 31.0 Å². The van der Waals surface area contributed by atoms with Crippen LogP contribution in [0.1, 0.15) is 23.1 Å². The van der Waals surface area contributed by atoms with Crippen LogP contribution < -0.4 is 5.73 Å². The summed E-state index contributed by atoms with van der Waals surface area (Å²) in [6.45, 7) is 0.278. The molecule has 0 spiro atoms.